The Hall–Kier alpha value is -0.390. The van der Waals surface area contributed by atoms with Gasteiger partial charge in [0.25, 0.3) is 0 Å². The second-order valence-corrected chi connectivity index (χ2v) is 6.23. The number of benzene rings is 1. The highest BCUT2D eigenvalue weighted by atomic mass is 35.5. The average molecular weight is 322 g/mol. The van der Waals surface area contributed by atoms with Gasteiger partial charge in [-0.2, -0.15) is 0 Å². The Balaban J connectivity index is 2.50. The minimum Gasteiger partial charge on any atom is -0.385 e. The number of hydrogen-bond acceptors (Lipinski definition) is 3. The van der Waals surface area contributed by atoms with Crippen molar-refractivity contribution in [3.8, 4) is 0 Å². The third-order valence-corrected chi connectivity index (χ3v) is 5.01. The van der Waals surface area contributed by atoms with Gasteiger partial charge in [-0.3, -0.25) is 0 Å². The summed E-state index contributed by atoms with van der Waals surface area (Å²) in [5.41, 5.74) is 4.27. The lowest BCUT2D eigenvalue weighted by molar-refractivity contribution is -0.124. The second kappa shape index (κ2) is 5.78. The van der Waals surface area contributed by atoms with Gasteiger partial charge in [-0.1, -0.05) is 23.2 Å². The number of rotatable bonds is 3. The van der Waals surface area contributed by atoms with Crippen LogP contribution in [0.15, 0.2) is 12.1 Å². The summed E-state index contributed by atoms with van der Waals surface area (Å²) in [5, 5.41) is 11.2. The molecule has 2 rings (SSSR count). The topological polar surface area (TPSA) is 55.5 Å². The molecular formula is C14H18Cl2FNO2. The molecule has 0 spiro atoms. The smallest absolute Gasteiger partial charge is 0.142 e. The molecule has 1 aromatic rings. The molecule has 112 valence electrons. The average Bonchev–Trinajstić information content (AvgIpc) is 2.43. The Morgan fingerprint density at radius 1 is 1.35 bits per heavy atom. The Labute approximate surface area is 127 Å². The van der Waals surface area contributed by atoms with E-state index in [4.69, 9.17) is 33.7 Å². The summed E-state index contributed by atoms with van der Waals surface area (Å²) in [6.45, 7) is 2.92. The summed E-state index contributed by atoms with van der Waals surface area (Å²) < 4.78 is 19.1. The zero-order chi connectivity index (χ0) is 15.0. The number of hydrogen-bond donors (Lipinski definition) is 2. The fraction of sp³-hybridized carbons (Fsp3) is 0.571. The lowest BCUT2D eigenvalue weighted by Gasteiger charge is -2.47. The van der Waals surface area contributed by atoms with Crippen LogP contribution < -0.4 is 5.73 Å². The van der Waals surface area contributed by atoms with Gasteiger partial charge in [0.15, 0.2) is 0 Å². The molecule has 1 aromatic carbocycles. The van der Waals surface area contributed by atoms with Gasteiger partial charge in [0, 0.05) is 35.8 Å². The van der Waals surface area contributed by atoms with Crippen LogP contribution in [0, 0.1) is 11.2 Å². The fourth-order valence-corrected chi connectivity index (χ4v) is 3.40. The molecule has 1 saturated heterocycles. The maximum atomic E-state index is 13.7. The van der Waals surface area contributed by atoms with E-state index in [1.54, 1.807) is 6.92 Å². The highest BCUT2D eigenvalue weighted by Gasteiger charge is 2.49. The second-order valence-electron chi connectivity index (χ2n) is 5.42. The summed E-state index contributed by atoms with van der Waals surface area (Å²) >= 11 is 11.8. The summed E-state index contributed by atoms with van der Waals surface area (Å²) in [6, 6.07) is 2.50. The zero-order valence-electron chi connectivity index (χ0n) is 11.3. The molecule has 3 N–H and O–H groups in total. The van der Waals surface area contributed by atoms with Crippen LogP contribution in [0.25, 0.3) is 0 Å². The molecule has 0 amide bonds. The van der Waals surface area contributed by atoms with Crippen molar-refractivity contribution in [2.75, 3.05) is 19.8 Å². The zero-order valence-corrected chi connectivity index (χ0v) is 12.8. The minimum absolute atomic E-state index is 0.0664. The van der Waals surface area contributed by atoms with E-state index in [-0.39, 0.29) is 16.6 Å². The highest BCUT2D eigenvalue weighted by molar-refractivity contribution is 6.35. The molecule has 1 aliphatic rings. The summed E-state index contributed by atoms with van der Waals surface area (Å²) in [6.07, 6.45) is 1.19. The van der Waals surface area contributed by atoms with Crippen molar-refractivity contribution < 1.29 is 14.2 Å². The van der Waals surface area contributed by atoms with Gasteiger partial charge >= 0.3 is 0 Å². The number of nitrogens with two attached hydrogens (primary N) is 1. The van der Waals surface area contributed by atoms with Gasteiger partial charge in [0.2, 0.25) is 0 Å². The lowest BCUT2D eigenvalue weighted by Crippen LogP contribution is -2.51. The molecule has 0 aliphatic carbocycles. The van der Waals surface area contributed by atoms with Gasteiger partial charge in [-0.25, -0.2) is 4.39 Å². The molecule has 1 heterocycles. The first-order valence-electron chi connectivity index (χ1n) is 6.49. The van der Waals surface area contributed by atoms with Crippen LogP contribution >= 0.6 is 23.2 Å². The van der Waals surface area contributed by atoms with Crippen molar-refractivity contribution in [1.82, 2.24) is 0 Å². The Morgan fingerprint density at radius 3 is 2.50 bits per heavy atom. The van der Waals surface area contributed by atoms with Gasteiger partial charge in [0.05, 0.1) is 10.6 Å². The normalized spacial score (nSPS) is 21.5. The third-order valence-electron chi connectivity index (χ3n) is 4.41. The summed E-state index contributed by atoms with van der Waals surface area (Å²) in [7, 11) is 0. The summed E-state index contributed by atoms with van der Waals surface area (Å²) in [4.78, 5) is 0. The maximum Gasteiger partial charge on any atom is 0.142 e. The largest absolute Gasteiger partial charge is 0.385 e. The van der Waals surface area contributed by atoms with Crippen molar-refractivity contribution in [1.29, 1.82) is 0 Å². The van der Waals surface area contributed by atoms with E-state index in [0.717, 1.165) is 0 Å². The van der Waals surface area contributed by atoms with Crippen molar-refractivity contribution >= 4 is 23.2 Å². The highest BCUT2D eigenvalue weighted by Crippen LogP contribution is 2.48. The molecule has 3 nitrogen and oxygen atoms in total. The van der Waals surface area contributed by atoms with E-state index in [1.165, 1.54) is 12.1 Å². The molecule has 20 heavy (non-hydrogen) atoms. The molecule has 0 bridgehead atoms. The van der Waals surface area contributed by atoms with Crippen LogP contribution in [0.3, 0.4) is 0 Å². The van der Waals surface area contributed by atoms with Gasteiger partial charge in [0.1, 0.15) is 5.82 Å². The van der Waals surface area contributed by atoms with E-state index >= 15 is 0 Å². The van der Waals surface area contributed by atoms with E-state index in [9.17, 15) is 9.50 Å². The number of aliphatic hydroxyl groups is 1. The van der Waals surface area contributed by atoms with Crippen LogP contribution in [-0.4, -0.2) is 24.9 Å². The molecular weight excluding hydrogens is 304 g/mol. The molecule has 0 aromatic heterocycles. The molecule has 1 fully saturated rings. The SMILES string of the molecule is CC(O)(c1cc(F)c(Cl)cc1Cl)C1(CN)CCOCC1. The van der Waals surface area contributed by atoms with E-state index in [2.05, 4.69) is 0 Å². The number of ether oxygens (including phenoxy) is 1. The van der Waals surface area contributed by atoms with Crippen molar-refractivity contribution in [3.63, 3.8) is 0 Å². The minimum atomic E-state index is -1.35. The molecule has 0 radical (unpaired) electrons. The first-order valence-corrected chi connectivity index (χ1v) is 7.25. The number of halogens is 3. The Kier molecular flexibility index (Phi) is 4.62. The standard InChI is InChI=1S/C14H18Cl2FNO2/c1-13(19,14(8-18)2-4-20-5-3-14)9-6-12(17)11(16)7-10(9)15/h6-7,19H,2-5,8,18H2,1H3. The van der Waals surface area contributed by atoms with Crippen LogP contribution in [0.2, 0.25) is 10.0 Å². The monoisotopic (exact) mass is 321 g/mol. The molecule has 1 atom stereocenters. The molecule has 1 unspecified atom stereocenters. The van der Waals surface area contributed by atoms with Crippen molar-refractivity contribution in [2.45, 2.75) is 25.4 Å². The van der Waals surface area contributed by atoms with E-state index in [0.29, 0.717) is 31.6 Å². The lowest BCUT2D eigenvalue weighted by atomic mass is 9.64. The van der Waals surface area contributed by atoms with E-state index in [1.807, 2.05) is 0 Å². The first-order chi connectivity index (χ1) is 9.34. The first kappa shape index (κ1) is 16.0. The fourth-order valence-electron chi connectivity index (χ4n) is 2.83. The van der Waals surface area contributed by atoms with Crippen LogP contribution in [0.4, 0.5) is 4.39 Å². The predicted octanol–water partition coefficient (Wildman–Crippen LogP) is 3.10. The molecule has 0 saturated carbocycles. The van der Waals surface area contributed by atoms with Gasteiger partial charge < -0.3 is 15.6 Å². The summed E-state index contributed by atoms with van der Waals surface area (Å²) in [5.74, 6) is -0.606. The van der Waals surface area contributed by atoms with Gasteiger partial charge in [-0.15, -0.1) is 0 Å². The Bertz CT molecular complexity index is 502. The molecule has 6 heteroatoms. The van der Waals surface area contributed by atoms with E-state index < -0.39 is 16.8 Å². The van der Waals surface area contributed by atoms with Crippen molar-refractivity contribution in [3.05, 3.63) is 33.6 Å². The predicted molar refractivity (Wildman–Crippen MR) is 77.5 cm³/mol. The maximum absolute atomic E-state index is 13.7. The Morgan fingerprint density at radius 2 is 1.95 bits per heavy atom. The van der Waals surface area contributed by atoms with Crippen LogP contribution in [0.1, 0.15) is 25.3 Å². The van der Waals surface area contributed by atoms with Crippen molar-refractivity contribution in [2.24, 2.45) is 11.1 Å². The van der Waals surface area contributed by atoms with Gasteiger partial charge in [-0.05, 0) is 31.9 Å². The van der Waals surface area contributed by atoms with Crippen LogP contribution in [0.5, 0.6) is 0 Å². The third kappa shape index (κ3) is 2.55. The molecule has 1 aliphatic heterocycles. The quantitative estimate of drug-likeness (QED) is 0.841. The van der Waals surface area contributed by atoms with Crippen LogP contribution in [-0.2, 0) is 10.3 Å².